The number of nitrogens with zero attached hydrogens (tertiary/aromatic N) is 2. The molecule has 7 heteroatoms. The first-order valence-corrected chi connectivity index (χ1v) is 4.17. The SMILES string of the molecule is CCC(=O)Nc1ncc([N+](=O)[O-])cc1O. The molecule has 0 atom stereocenters. The number of hydrogen-bond donors (Lipinski definition) is 2. The van der Waals surface area contributed by atoms with Gasteiger partial charge in [0.2, 0.25) is 5.91 Å². The smallest absolute Gasteiger partial charge is 0.291 e. The number of aromatic hydroxyl groups is 1. The third-order valence-corrected chi connectivity index (χ3v) is 1.64. The fraction of sp³-hybridized carbons (Fsp3) is 0.250. The fourth-order valence-corrected chi connectivity index (χ4v) is 0.859. The molecule has 1 rings (SSSR count). The van der Waals surface area contributed by atoms with Crippen molar-refractivity contribution in [2.75, 3.05) is 5.32 Å². The number of aromatic nitrogens is 1. The summed E-state index contributed by atoms with van der Waals surface area (Å²) in [4.78, 5) is 24.1. The summed E-state index contributed by atoms with van der Waals surface area (Å²) >= 11 is 0. The molecule has 0 fully saturated rings. The average Bonchev–Trinajstić information content (AvgIpc) is 2.20. The number of nitrogens with one attached hydrogen (secondary N) is 1. The fourth-order valence-electron chi connectivity index (χ4n) is 0.859. The van der Waals surface area contributed by atoms with E-state index in [1.807, 2.05) is 0 Å². The van der Waals surface area contributed by atoms with Gasteiger partial charge in [0.1, 0.15) is 6.20 Å². The van der Waals surface area contributed by atoms with Crippen LogP contribution in [-0.2, 0) is 4.79 Å². The Kier molecular flexibility index (Phi) is 3.17. The highest BCUT2D eigenvalue weighted by atomic mass is 16.6. The van der Waals surface area contributed by atoms with Crippen molar-refractivity contribution in [3.63, 3.8) is 0 Å². The topological polar surface area (TPSA) is 105 Å². The first kappa shape index (κ1) is 10.9. The summed E-state index contributed by atoms with van der Waals surface area (Å²) in [6.07, 6.45) is 1.20. The predicted octanol–water partition coefficient (Wildman–Crippen LogP) is 1.04. The van der Waals surface area contributed by atoms with Crippen LogP contribution < -0.4 is 5.32 Å². The molecule has 7 nitrogen and oxygen atoms in total. The Morgan fingerprint density at radius 2 is 2.40 bits per heavy atom. The molecule has 0 radical (unpaired) electrons. The number of amides is 1. The number of hydrogen-bond acceptors (Lipinski definition) is 5. The summed E-state index contributed by atoms with van der Waals surface area (Å²) in [6.45, 7) is 1.64. The molecule has 0 aromatic carbocycles. The van der Waals surface area contributed by atoms with Gasteiger partial charge < -0.3 is 10.4 Å². The van der Waals surface area contributed by atoms with Crippen molar-refractivity contribution in [1.29, 1.82) is 0 Å². The predicted molar refractivity (Wildman–Crippen MR) is 51.5 cm³/mol. The van der Waals surface area contributed by atoms with Crippen LogP contribution in [0.5, 0.6) is 5.75 Å². The van der Waals surface area contributed by atoms with E-state index in [0.29, 0.717) is 0 Å². The number of anilines is 1. The van der Waals surface area contributed by atoms with Gasteiger partial charge in [-0.25, -0.2) is 4.98 Å². The van der Waals surface area contributed by atoms with E-state index in [1.165, 1.54) is 0 Å². The van der Waals surface area contributed by atoms with Crippen LogP contribution in [0.4, 0.5) is 11.5 Å². The number of pyridine rings is 1. The summed E-state index contributed by atoms with van der Waals surface area (Å²) in [7, 11) is 0. The molecule has 80 valence electrons. The molecule has 0 bridgehead atoms. The second-order valence-corrected chi connectivity index (χ2v) is 2.72. The normalized spacial score (nSPS) is 9.67. The Bertz CT molecular complexity index is 405. The van der Waals surface area contributed by atoms with Gasteiger partial charge in [0.05, 0.1) is 11.0 Å². The summed E-state index contributed by atoms with van der Waals surface area (Å²) in [5.41, 5.74) is -0.331. The molecule has 0 unspecified atom stereocenters. The molecular formula is C8H9N3O4. The molecule has 0 aliphatic carbocycles. The number of rotatable bonds is 3. The highest BCUT2D eigenvalue weighted by Crippen LogP contribution is 2.24. The van der Waals surface area contributed by atoms with Crippen molar-refractivity contribution in [3.05, 3.63) is 22.4 Å². The van der Waals surface area contributed by atoms with Gasteiger partial charge in [-0.05, 0) is 0 Å². The van der Waals surface area contributed by atoms with Crippen molar-refractivity contribution in [2.45, 2.75) is 13.3 Å². The third kappa shape index (κ3) is 2.63. The van der Waals surface area contributed by atoms with E-state index in [9.17, 15) is 20.0 Å². The van der Waals surface area contributed by atoms with Crippen LogP contribution in [0.3, 0.4) is 0 Å². The van der Waals surface area contributed by atoms with E-state index in [-0.39, 0.29) is 23.8 Å². The van der Waals surface area contributed by atoms with Gasteiger partial charge >= 0.3 is 0 Å². The lowest BCUT2D eigenvalue weighted by atomic mass is 10.3. The molecule has 1 aromatic rings. The Morgan fingerprint density at radius 3 is 2.87 bits per heavy atom. The summed E-state index contributed by atoms with van der Waals surface area (Å²) < 4.78 is 0. The van der Waals surface area contributed by atoms with Gasteiger partial charge in [-0.1, -0.05) is 6.92 Å². The minimum Gasteiger partial charge on any atom is -0.504 e. The van der Waals surface area contributed by atoms with Gasteiger partial charge in [-0.2, -0.15) is 0 Å². The molecule has 1 aromatic heterocycles. The Balaban J connectivity index is 2.93. The van der Waals surface area contributed by atoms with E-state index in [1.54, 1.807) is 6.92 Å². The minimum absolute atomic E-state index is 0.0764. The zero-order valence-corrected chi connectivity index (χ0v) is 7.93. The molecule has 1 amide bonds. The van der Waals surface area contributed by atoms with Crippen molar-refractivity contribution in [2.24, 2.45) is 0 Å². The standard InChI is InChI=1S/C8H9N3O4/c1-2-7(13)10-8-6(12)3-5(4-9-8)11(14)15/h3-4,12H,2H2,1H3,(H,9,10,13). The Labute approximate surface area is 84.9 Å². The third-order valence-electron chi connectivity index (χ3n) is 1.64. The molecule has 0 saturated heterocycles. The number of nitro groups is 1. The summed E-state index contributed by atoms with van der Waals surface area (Å²) in [5.74, 6) is -0.829. The van der Waals surface area contributed by atoms with Gasteiger partial charge in [0, 0.05) is 6.42 Å². The molecular weight excluding hydrogens is 202 g/mol. The Hall–Kier alpha value is -2.18. The van der Waals surface area contributed by atoms with Crippen LogP contribution in [-0.4, -0.2) is 20.9 Å². The van der Waals surface area contributed by atoms with Crippen LogP contribution in [0.2, 0.25) is 0 Å². The van der Waals surface area contributed by atoms with Crippen LogP contribution in [0.15, 0.2) is 12.3 Å². The largest absolute Gasteiger partial charge is 0.504 e. The van der Waals surface area contributed by atoms with Crippen molar-refractivity contribution in [3.8, 4) is 5.75 Å². The first-order chi connectivity index (χ1) is 7.04. The van der Waals surface area contributed by atoms with Crippen LogP contribution in [0.1, 0.15) is 13.3 Å². The summed E-state index contributed by atoms with van der Waals surface area (Å²) in [6, 6.07) is 0.929. The highest BCUT2D eigenvalue weighted by molar-refractivity contribution is 5.90. The molecule has 1 heterocycles. The lowest BCUT2D eigenvalue weighted by Crippen LogP contribution is -2.10. The van der Waals surface area contributed by atoms with E-state index in [0.717, 1.165) is 12.3 Å². The van der Waals surface area contributed by atoms with Crippen LogP contribution >= 0.6 is 0 Å². The van der Waals surface area contributed by atoms with Gasteiger partial charge in [0.15, 0.2) is 11.6 Å². The van der Waals surface area contributed by atoms with Crippen LogP contribution in [0, 0.1) is 10.1 Å². The lowest BCUT2D eigenvalue weighted by molar-refractivity contribution is -0.385. The Morgan fingerprint density at radius 1 is 1.73 bits per heavy atom. The van der Waals surface area contributed by atoms with Gasteiger partial charge in [0.25, 0.3) is 5.69 Å². The lowest BCUT2D eigenvalue weighted by Gasteiger charge is -2.03. The van der Waals surface area contributed by atoms with Crippen molar-refractivity contribution >= 4 is 17.4 Å². The van der Waals surface area contributed by atoms with E-state index in [4.69, 9.17) is 0 Å². The van der Waals surface area contributed by atoms with E-state index < -0.39 is 10.7 Å². The van der Waals surface area contributed by atoms with Gasteiger partial charge in [-0.3, -0.25) is 14.9 Å². The number of carbonyl (C=O) groups is 1. The molecule has 0 spiro atoms. The zero-order valence-electron chi connectivity index (χ0n) is 7.93. The highest BCUT2D eigenvalue weighted by Gasteiger charge is 2.12. The molecule has 2 N–H and O–H groups in total. The molecule has 0 aliphatic rings. The quantitative estimate of drug-likeness (QED) is 0.574. The molecule has 15 heavy (non-hydrogen) atoms. The second-order valence-electron chi connectivity index (χ2n) is 2.72. The summed E-state index contributed by atoms with van der Waals surface area (Å²) in [5, 5.41) is 21.9. The first-order valence-electron chi connectivity index (χ1n) is 4.17. The van der Waals surface area contributed by atoms with Gasteiger partial charge in [-0.15, -0.1) is 0 Å². The molecule has 0 aliphatic heterocycles. The van der Waals surface area contributed by atoms with Crippen molar-refractivity contribution < 1.29 is 14.8 Å². The average molecular weight is 211 g/mol. The van der Waals surface area contributed by atoms with Crippen molar-refractivity contribution in [1.82, 2.24) is 4.98 Å². The maximum absolute atomic E-state index is 11.0. The monoisotopic (exact) mass is 211 g/mol. The number of carbonyl (C=O) groups excluding carboxylic acids is 1. The maximum Gasteiger partial charge on any atom is 0.291 e. The van der Waals surface area contributed by atoms with E-state index >= 15 is 0 Å². The maximum atomic E-state index is 11.0. The second kappa shape index (κ2) is 4.36. The minimum atomic E-state index is -0.682. The van der Waals surface area contributed by atoms with E-state index in [2.05, 4.69) is 10.3 Å². The van der Waals surface area contributed by atoms with Crippen LogP contribution in [0.25, 0.3) is 0 Å². The molecule has 0 saturated carbocycles. The zero-order chi connectivity index (χ0) is 11.4.